The molecular weight excluding hydrogens is 359 g/mol. The zero-order valence-electron chi connectivity index (χ0n) is 15.1. The first-order valence-corrected chi connectivity index (χ1v) is 8.32. The van der Waals surface area contributed by atoms with Crippen LogP contribution in [0.1, 0.15) is 11.1 Å². The number of nitrogens with zero attached hydrogens (tertiary/aromatic N) is 1. The Bertz CT molecular complexity index is 752. The predicted octanol–water partition coefficient (Wildman–Crippen LogP) is 3.34. The Morgan fingerprint density at radius 3 is 2.48 bits per heavy atom. The Hall–Kier alpha value is -2.90. The molecule has 8 heteroatoms. The van der Waals surface area contributed by atoms with E-state index in [0.717, 1.165) is 5.56 Å². The van der Waals surface area contributed by atoms with Crippen LogP contribution in [0.4, 0.5) is 13.2 Å². The molecule has 0 aromatic heterocycles. The molecule has 0 aliphatic heterocycles. The van der Waals surface area contributed by atoms with E-state index < -0.39 is 6.61 Å². The summed E-state index contributed by atoms with van der Waals surface area (Å²) in [6.07, 6.45) is 0.680. The Kier molecular flexibility index (Phi) is 7.79. The third-order valence-electron chi connectivity index (χ3n) is 3.77. The number of ether oxygens (including phenoxy) is 2. The van der Waals surface area contributed by atoms with Crippen molar-refractivity contribution in [2.24, 2.45) is 4.99 Å². The van der Waals surface area contributed by atoms with E-state index in [2.05, 4.69) is 20.4 Å². The lowest BCUT2D eigenvalue weighted by Gasteiger charge is -2.15. The minimum absolute atomic E-state index is 0.0695. The Morgan fingerprint density at radius 2 is 1.85 bits per heavy atom. The van der Waals surface area contributed by atoms with Gasteiger partial charge in [-0.3, -0.25) is 4.99 Å². The van der Waals surface area contributed by atoms with Gasteiger partial charge in [0.2, 0.25) is 0 Å². The number of halogens is 3. The predicted molar refractivity (Wildman–Crippen MR) is 97.9 cm³/mol. The Labute approximate surface area is 156 Å². The van der Waals surface area contributed by atoms with Crippen LogP contribution in [0.25, 0.3) is 0 Å². The number of rotatable bonds is 8. The van der Waals surface area contributed by atoms with Gasteiger partial charge in [-0.15, -0.1) is 0 Å². The van der Waals surface area contributed by atoms with E-state index >= 15 is 0 Å². The van der Waals surface area contributed by atoms with Gasteiger partial charge in [-0.2, -0.15) is 8.78 Å². The summed E-state index contributed by atoms with van der Waals surface area (Å²) in [5, 5.41) is 6.16. The van der Waals surface area contributed by atoms with E-state index in [1.54, 1.807) is 31.3 Å². The molecule has 2 N–H and O–H groups in total. The van der Waals surface area contributed by atoms with Crippen LogP contribution in [0.5, 0.6) is 11.5 Å². The number of nitrogens with one attached hydrogen (secondary N) is 2. The fourth-order valence-corrected chi connectivity index (χ4v) is 2.41. The fraction of sp³-hybridized carbons (Fsp3) is 0.316. The van der Waals surface area contributed by atoms with Gasteiger partial charge in [0, 0.05) is 25.7 Å². The molecule has 2 aromatic rings. The number of hydrogen-bond donors (Lipinski definition) is 2. The number of benzene rings is 2. The number of hydrogen-bond acceptors (Lipinski definition) is 3. The molecule has 0 aliphatic carbocycles. The van der Waals surface area contributed by atoms with Gasteiger partial charge in [0.05, 0.1) is 7.11 Å². The highest BCUT2D eigenvalue weighted by Crippen LogP contribution is 2.25. The second-order valence-electron chi connectivity index (χ2n) is 5.58. The van der Waals surface area contributed by atoms with Crippen molar-refractivity contribution in [3.63, 3.8) is 0 Å². The van der Waals surface area contributed by atoms with Crippen molar-refractivity contribution < 1.29 is 22.6 Å². The normalized spacial score (nSPS) is 11.4. The maximum absolute atomic E-state index is 12.9. The molecule has 0 bridgehead atoms. The number of methoxy groups -OCH3 is 1. The molecule has 0 heterocycles. The Balaban J connectivity index is 1.91. The van der Waals surface area contributed by atoms with Gasteiger partial charge in [0.15, 0.2) is 5.96 Å². The lowest BCUT2D eigenvalue weighted by molar-refractivity contribution is -0.0504. The van der Waals surface area contributed by atoms with Crippen LogP contribution in [0, 0.1) is 5.82 Å². The molecule has 0 atom stereocenters. The summed E-state index contributed by atoms with van der Waals surface area (Å²) in [5.74, 6) is 0.833. The molecule has 146 valence electrons. The topological polar surface area (TPSA) is 54.9 Å². The van der Waals surface area contributed by atoms with Gasteiger partial charge in [-0.05, 0) is 42.3 Å². The van der Waals surface area contributed by atoms with Gasteiger partial charge < -0.3 is 20.1 Å². The maximum Gasteiger partial charge on any atom is 0.387 e. The highest BCUT2D eigenvalue weighted by molar-refractivity contribution is 5.79. The van der Waals surface area contributed by atoms with Crippen molar-refractivity contribution in [2.75, 3.05) is 20.7 Å². The first kappa shape index (κ1) is 20.4. The highest BCUT2D eigenvalue weighted by Gasteiger charge is 2.11. The van der Waals surface area contributed by atoms with Crippen molar-refractivity contribution in [2.45, 2.75) is 19.6 Å². The number of guanidine groups is 1. The molecule has 27 heavy (non-hydrogen) atoms. The minimum Gasteiger partial charge on any atom is -0.497 e. The lowest BCUT2D eigenvalue weighted by atomic mass is 10.1. The monoisotopic (exact) mass is 381 g/mol. The summed E-state index contributed by atoms with van der Waals surface area (Å²) in [6.45, 7) is -2.12. The molecule has 0 aliphatic rings. The van der Waals surface area contributed by atoms with Crippen LogP contribution >= 0.6 is 0 Å². The number of aliphatic imine (C=N–C) groups is 1. The van der Waals surface area contributed by atoms with Crippen LogP contribution < -0.4 is 20.1 Å². The van der Waals surface area contributed by atoms with E-state index in [1.807, 2.05) is 0 Å². The smallest absolute Gasteiger partial charge is 0.387 e. The summed E-state index contributed by atoms with van der Waals surface area (Å²) in [5.41, 5.74) is 1.50. The zero-order valence-corrected chi connectivity index (χ0v) is 15.1. The molecule has 0 saturated carbocycles. The third-order valence-corrected chi connectivity index (χ3v) is 3.77. The van der Waals surface area contributed by atoms with Crippen LogP contribution in [0.2, 0.25) is 0 Å². The molecule has 2 aromatic carbocycles. The summed E-state index contributed by atoms with van der Waals surface area (Å²) in [6, 6.07) is 10.9. The SMILES string of the molecule is CN=C(NCCc1ccc(F)cc1)NCc1cc(OC)ccc1OC(F)F. The summed E-state index contributed by atoms with van der Waals surface area (Å²) < 4.78 is 47.7. The molecule has 0 saturated heterocycles. The summed E-state index contributed by atoms with van der Waals surface area (Å²) in [7, 11) is 3.10. The largest absolute Gasteiger partial charge is 0.497 e. The maximum atomic E-state index is 12.9. The second kappa shape index (κ2) is 10.3. The standard InChI is InChI=1S/C19H22F3N3O2/c1-23-19(24-10-9-13-3-5-15(20)6-4-13)25-12-14-11-16(26-2)7-8-17(14)27-18(21)22/h3-8,11,18H,9-10,12H2,1-2H3,(H2,23,24,25). The highest BCUT2D eigenvalue weighted by atomic mass is 19.3. The quantitative estimate of drug-likeness (QED) is 0.544. The second-order valence-corrected chi connectivity index (χ2v) is 5.58. The van der Waals surface area contributed by atoms with Crippen molar-refractivity contribution in [1.82, 2.24) is 10.6 Å². The molecule has 5 nitrogen and oxygen atoms in total. The van der Waals surface area contributed by atoms with Crippen molar-refractivity contribution >= 4 is 5.96 Å². The first-order valence-electron chi connectivity index (χ1n) is 8.32. The summed E-state index contributed by atoms with van der Waals surface area (Å²) in [4.78, 5) is 4.10. The average Bonchev–Trinajstić information content (AvgIpc) is 2.66. The van der Waals surface area contributed by atoms with Crippen LogP contribution in [-0.2, 0) is 13.0 Å². The van der Waals surface area contributed by atoms with Crippen molar-refractivity contribution in [1.29, 1.82) is 0 Å². The van der Waals surface area contributed by atoms with Gasteiger partial charge in [-0.25, -0.2) is 4.39 Å². The van der Waals surface area contributed by atoms with E-state index in [1.165, 1.54) is 25.3 Å². The van der Waals surface area contributed by atoms with Crippen LogP contribution in [-0.4, -0.2) is 33.3 Å². The van der Waals surface area contributed by atoms with E-state index in [-0.39, 0.29) is 18.1 Å². The average molecular weight is 381 g/mol. The zero-order chi connectivity index (χ0) is 19.6. The van der Waals surface area contributed by atoms with Gasteiger partial charge in [0.25, 0.3) is 0 Å². The fourth-order valence-electron chi connectivity index (χ4n) is 2.41. The first-order chi connectivity index (χ1) is 13.0. The van der Waals surface area contributed by atoms with E-state index in [4.69, 9.17) is 4.74 Å². The van der Waals surface area contributed by atoms with E-state index in [9.17, 15) is 13.2 Å². The van der Waals surface area contributed by atoms with Gasteiger partial charge >= 0.3 is 6.61 Å². The molecule has 0 unspecified atom stereocenters. The molecule has 0 amide bonds. The van der Waals surface area contributed by atoms with Crippen LogP contribution in [0.3, 0.4) is 0 Å². The molecule has 0 spiro atoms. The minimum atomic E-state index is -2.91. The van der Waals surface area contributed by atoms with Crippen molar-refractivity contribution in [3.8, 4) is 11.5 Å². The lowest BCUT2D eigenvalue weighted by Crippen LogP contribution is -2.38. The molecular formula is C19H22F3N3O2. The molecule has 0 radical (unpaired) electrons. The third kappa shape index (κ3) is 6.73. The summed E-state index contributed by atoms with van der Waals surface area (Å²) >= 11 is 0. The van der Waals surface area contributed by atoms with Crippen molar-refractivity contribution in [3.05, 3.63) is 59.4 Å². The Morgan fingerprint density at radius 1 is 1.11 bits per heavy atom. The van der Waals surface area contributed by atoms with E-state index in [0.29, 0.717) is 30.2 Å². The van der Waals surface area contributed by atoms with Gasteiger partial charge in [-0.1, -0.05) is 12.1 Å². The number of alkyl halides is 2. The van der Waals surface area contributed by atoms with Crippen LogP contribution in [0.15, 0.2) is 47.5 Å². The molecule has 0 fully saturated rings. The molecule has 2 rings (SSSR count). The van der Waals surface area contributed by atoms with Gasteiger partial charge in [0.1, 0.15) is 17.3 Å².